The third-order valence-corrected chi connectivity index (χ3v) is 4.40. The highest BCUT2D eigenvalue weighted by Crippen LogP contribution is 2.28. The first-order valence-corrected chi connectivity index (χ1v) is 6.96. The molecule has 0 radical (unpaired) electrons. The topological polar surface area (TPSA) is 29.3 Å². The van der Waals surface area contributed by atoms with Crippen LogP contribution in [0.15, 0.2) is 0 Å². The van der Waals surface area contributed by atoms with E-state index in [0.717, 1.165) is 18.5 Å². The molecular formula is C14H30N2. The predicted octanol–water partition coefficient (Wildman–Crippen LogP) is 2.73. The average Bonchev–Trinajstić information content (AvgIpc) is 2.25. The highest BCUT2D eigenvalue weighted by Gasteiger charge is 2.26. The first-order valence-electron chi connectivity index (χ1n) is 6.96. The summed E-state index contributed by atoms with van der Waals surface area (Å²) in [6, 6.07) is 0.793. The lowest BCUT2D eigenvalue weighted by Crippen LogP contribution is -2.43. The molecule has 0 amide bonds. The third kappa shape index (κ3) is 3.74. The standard InChI is InChI=1S/C14H30N2/c1-11(2)13(9-15)10-16(4)14-8-6-5-7-12(14)3/h11-14H,5-10,15H2,1-4H3. The van der Waals surface area contributed by atoms with Crippen LogP contribution in [0.2, 0.25) is 0 Å². The minimum atomic E-state index is 0.652. The van der Waals surface area contributed by atoms with Gasteiger partial charge in [0.2, 0.25) is 0 Å². The van der Waals surface area contributed by atoms with E-state index in [1.54, 1.807) is 0 Å². The Morgan fingerprint density at radius 2 is 1.88 bits per heavy atom. The summed E-state index contributed by atoms with van der Waals surface area (Å²) in [5.74, 6) is 2.22. The van der Waals surface area contributed by atoms with E-state index in [0.29, 0.717) is 11.8 Å². The first kappa shape index (κ1) is 14.0. The predicted molar refractivity (Wildman–Crippen MR) is 71.4 cm³/mol. The first-order chi connectivity index (χ1) is 7.56. The Bertz CT molecular complexity index is 191. The van der Waals surface area contributed by atoms with Crippen molar-refractivity contribution in [3.8, 4) is 0 Å². The largest absolute Gasteiger partial charge is 0.330 e. The lowest BCUT2D eigenvalue weighted by Gasteiger charge is -2.38. The van der Waals surface area contributed by atoms with E-state index in [4.69, 9.17) is 5.73 Å². The zero-order chi connectivity index (χ0) is 12.1. The van der Waals surface area contributed by atoms with Gasteiger partial charge in [0.1, 0.15) is 0 Å². The highest BCUT2D eigenvalue weighted by molar-refractivity contribution is 4.81. The zero-order valence-electron chi connectivity index (χ0n) is 11.6. The Morgan fingerprint density at radius 3 is 2.38 bits per heavy atom. The molecule has 3 atom stereocenters. The quantitative estimate of drug-likeness (QED) is 0.781. The Kier molecular flexibility index (Phi) is 5.77. The maximum Gasteiger partial charge on any atom is 0.0118 e. The number of nitrogens with zero attached hydrogens (tertiary/aromatic N) is 1. The van der Waals surface area contributed by atoms with Crippen LogP contribution < -0.4 is 5.73 Å². The molecule has 0 aromatic carbocycles. The van der Waals surface area contributed by atoms with Crippen LogP contribution in [0.25, 0.3) is 0 Å². The van der Waals surface area contributed by atoms with E-state index < -0.39 is 0 Å². The van der Waals surface area contributed by atoms with Gasteiger partial charge in [-0.25, -0.2) is 0 Å². The van der Waals surface area contributed by atoms with E-state index in [1.165, 1.54) is 32.2 Å². The molecule has 0 aromatic rings. The summed E-state index contributed by atoms with van der Waals surface area (Å²) in [6.07, 6.45) is 5.63. The van der Waals surface area contributed by atoms with E-state index in [1.807, 2.05) is 0 Å². The Labute approximate surface area is 102 Å². The number of rotatable bonds is 5. The Morgan fingerprint density at radius 1 is 1.25 bits per heavy atom. The molecule has 1 rings (SSSR count). The fourth-order valence-electron chi connectivity index (χ4n) is 3.01. The third-order valence-electron chi connectivity index (χ3n) is 4.40. The van der Waals surface area contributed by atoms with Gasteiger partial charge in [-0.2, -0.15) is 0 Å². The number of nitrogens with two attached hydrogens (primary N) is 1. The molecule has 1 aliphatic rings. The molecule has 2 nitrogen and oxygen atoms in total. The molecule has 96 valence electrons. The lowest BCUT2D eigenvalue weighted by molar-refractivity contribution is 0.113. The van der Waals surface area contributed by atoms with E-state index in [-0.39, 0.29) is 0 Å². The molecule has 16 heavy (non-hydrogen) atoms. The fraction of sp³-hybridized carbons (Fsp3) is 1.00. The van der Waals surface area contributed by atoms with Gasteiger partial charge in [0.15, 0.2) is 0 Å². The van der Waals surface area contributed by atoms with Crippen molar-refractivity contribution in [3.05, 3.63) is 0 Å². The molecule has 3 unspecified atom stereocenters. The van der Waals surface area contributed by atoms with Crippen LogP contribution in [0.1, 0.15) is 46.5 Å². The van der Waals surface area contributed by atoms with Gasteiger partial charge in [0.25, 0.3) is 0 Å². The summed E-state index contributed by atoms with van der Waals surface area (Å²) in [5, 5.41) is 0. The molecule has 2 heteroatoms. The molecule has 0 saturated heterocycles. The minimum Gasteiger partial charge on any atom is -0.330 e. The molecule has 0 aliphatic heterocycles. The van der Waals surface area contributed by atoms with Gasteiger partial charge in [0, 0.05) is 12.6 Å². The lowest BCUT2D eigenvalue weighted by atomic mass is 9.84. The Balaban J connectivity index is 2.46. The monoisotopic (exact) mass is 226 g/mol. The van der Waals surface area contributed by atoms with E-state index in [9.17, 15) is 0 Å². The second-order valence-corrected chi connectivity index (χ2v) is 6.01. The van der Waals surface area contributed by atoms with Crippen LogP contribution in [0.5, 0.6) is 0 Å². The Hall–Kier alpha value is -0.0800. The van der Waals surface area contributed by atoms with Crippen molar-refractivity contribution in [1.29, 1.82) is 0 Å². The average molecular weight is 226 g/mol. The normalized spacial score (nSPS) is 28.7. The maximum absolute atomic E-state index is 5.86. The fourth-order valence-corrected chi connectivity index (χ4v) is 3.01. The molecule has 2 N–H and O–H groups in total. The summed E-state index contributed by atoms with van der Waals surface area (Å²) in [5.41, 5.74) is 5.86. The molecule has 0 bridgehead atoms. The molecule has 1 saturated carbocycles. The molecule has 0 heterocycles. The van der Waals surface area contributed by atoms with Crippen LogP contribution in [0.4, 0.5) is 0 Å². The smallest absolute Gasteiger partial charge is 0.0118 e. The van der Waals surface area contributed by atoms with Crippen molar-refractivity contribution < 1.29 is 0 Å². The molecule has 0 aromatic heterocycles. The van der Waals surface area contributed by atoms with Gasteiger partial charge < -0.3 is 10.6 Å². The molecule has 1 fully saturated rings. The van der Waals surface area contributed by atoms with Gasteiger partial charge in [-0.05, 0) is 44.2 Å². The van der Waals surface area contributed by atoms with Crippen LogP contribution >= 0.6 is 0 Å². The highest BCUT2D eigenvalue weighted by atomic mass is 15.1. The molecule has 1 aliphatic carbocycles. The van der Waals surface area contributed by atoms with Crippen LogP contribution in [0.3, 0.4) is 0 Å². The van der Waals surface area contributed by atoms with Gasteiger partial charge in [-0.1, -0.05) is 33.6 Å². The zero-order valence-corrected chi connectivity index (χ0v) is 11.6. The van der Waals surface area contributed by atoms with E-state index >= 15 is 0 Å². The van der Waals surface area contributed by atoms with Gasteiger partial charge in [0.05, 0.1) is 0 Å². The van der Waals surface area contributed by atoms with Crippen molar-refractivity contribution in [1.82, 2.24) is 4.90 Å². The molecule has 0 spiro atoms. The van der Waals surface area contributed by atoms with Crippen LogP contribution in [0, 0.1) is 17.8 Å². The van der Waals surface area contributed by atoms with Crippen molar-refractivity contribution in [3.63, 3.8) is 0 Å². The summed E-state index contributed by atoms with van der Waals surface area (Å²) in [7, 11) is 2.29. The summed E-state index contributed by atoms with van der Waals surface area (Å²) in [6.45, 7) is 8.98. The SMILES string of the molecule is CC(C)C(CN)CN(C)C1CCCCC1C. The van der Waals surface area contributed by atoms with Crippen molar-refractivity contribution in [2.45, 2.75) is 52.5 Å². The molecular weight excluding hydrogens is 196 g/mol. The van der Waals surface area contributed by atoms with Crippen molar-refractivity contribution in [2.24, 2.45) is 23.5 Å². The number of hydrogen-bond acceptors (Lipinski definition) is 2. The van der Waals surface area contributed by atoms with E-state index in [2.05, 4.69) is 32.7 Å². The summed E-state index contributed by atoms with van der Waals surface area (Å²) in [4.78, 5) is 2.57. The summed E-state index contributed by atoms with van der Waals surface area (Å²) < 4.78 is 0. The minimum absolute atomic E-state index is 0.652. The van der Waals surface area contributed by atoms with Gasteiger partial charge in [-0.3, -0.25) is 0 Å². The van der Waals surface area contributed by atoms with Crippen LogP contribution in [-0.4, -0.2) is 31.1 Å². The summed E-state index contributed by atoms with van der Waals surface area (Å²) >= 11 is 0. The second kappa shape index (κ2) is 6.61. The van der Waals surface area contributed by atoms with Gasteiger partial charge in [-0.15, -0.1) is 0 Å². The van der Waals surface area contributed by atoms with Gasteiger partial charge >= 0.3 is 0 Å². The maximum atomic E-state index is 5.86. The number of hydrogen-bond donors (Lipinski definition) is 1. The van der Waals surface area contributed by atoms with Crippen molar-refractivity contribution >= 4 is 0 Å². The van der Waals surface area contributed by atoms with Crippen LogP contribution in [-0.2, 0) is 0 Å². The second-order valence-electron chi connectivity index (χ2n) is 6.01. The van der Waals surface area contributed by atoms with Crippen molar-refractivity contribution in [2.75, 3.05) is 20.1 Å².